The second kappa shape index (κ2) is 11.9. The molecule has 0 aliphatic carbocycles. The number of pyridine rings is 1. The van der Waals surface area contributed by atoms with Crippen LogP contribution in [0.25, 0.3) is 10.9 Å². The zero-order chi connectivity index (χ0) is 30.0. The molecule has 0 spiro atoms. The fourth-order valence-corrected chi connectivity index (χ4v) is 6.29. The van der Waals surface area contributed by atoms with Crippen LogP contribution >= 0.6 is 0 Å². The van der Waals surface area contributed by atoms with E-state index >= 15 is 0 Å². The molecule has 8 nitrogen and oxygen atoms in total. The average molecular weight is 596 g/mol. The Balaban J connectivity index is 1.72. The zero-order valence-electron chi connectivity index (χ0n) is 23.6. The monoisotopic (exact) mass is 595 g/mol. The second-order valence-electron chi connectivity index (χ2n) is 10.1. The summed E-state index contributed by atoms with van der Waals surface area (Å²) in [5, 5.41) is 0.486. The minimum absolute atomic E-state index is 0.0243. The summed E-state index contributed by atoms with van der Waals surface area (Å²) in [4.78, 5) is 19.7. The Morgan fingerprint density at radius 1 is 1.05 bits per heavy atom. The maximum absolute atomic E-state index is 13.6. The largest absolute Gasteiger partial charge is 0.497 e. The van der Waals surface area contributed by atoms with Crippen LogP contribution in [0.4, 0.5) is 14.5 Å². The first kappa shape index (κ1) is 29.2. The van der Waals surface area contributed by atoms with Gasteiger partial charge in [0, 0.05) is 36.8 Å². The minimum atomic E-state index is -3.77. The number of anilines is 1. The number of nitrogens with zero attached hydrogens (tertiary/aromatic N) is 3. The van der Waals surface area contributed by atoms with E-state index in [0.717, 1.165) is 22.9 Å². The van der Waals surface area contributed by atoms with Crippen LogP contribution < -0.4 is 13.8 Å². The van der Waals surface area contributed by atoms with E-state index in [-0.39, 0.29) is 43.4 Å². The molecule has 1 aliphatic rings. The van der Waals surface area contributed by atoms with Crippen LogP contribution in [0.2, 0.25) is 0 Å². The lowest BCUT2D eigenvalue weighted by atomic mass is 9.98. The lowest BCUT2D eigenvalue weighted by Gasteiger charge is -2.26. The summed E-state index contributed by atoms with van der Waals surface area (Å²) in [5.74, 6) is 0.101. The van der Waals surface area contributed by atoms with Crippen LogP contribution in [-0.2, 0) is 29.6 Å². The highest BCUT2D eigenvalue weighted by Crippen LogP contribution is 2.45. The number of ether oxygens (including phenoxy) is 2. The molecule has 2 heterocycles. The molecule has 0 atom stereocenters. The van der Waals surface area contributed by atoms with Gasteiger partial charge in [-0.3, -0.25) is 14.1 Å². The predicted molar refractivity (Wildman–Crippen MR) is 157 cm³/mol. The molecule has 1 amide bonds. The molecule has 5 rings (SSSR count). The van der Waals surface area contributed by atoms with E-state index in [2.05, 4.69) is 0 Å². The van der Waals surface area contributed by atoms with Crippen molar-refractivity contribution in [3.8, 4) is 11.5 Å². The third-order valence-electron chi connectivity index (χ3n) is 7.23. The first-order chi connectivity index (χ1) is 20.1. The minimum Gasteiger partial charge on any atom is -0.497 e. The second-order valence-corrected chi connectivity index (χ2v) is 12.0. The van der Waals surface area contributed by atoms with Gasteiger partial charge < -0.3 is 14.4 Å². The van der Waals surface area contributed by atoms with Gasteiger partial charge in [0.1, 0.15) is 30.4 Å². The van der Waals surface area contributed by atoms with E-state index in [1.165, 1.54) is 21.3 Å². The molecule has 42 heavy (non-hydrogen) atoms. The van der Waals surface area contributed by atoms with E-state index in [9.17, 15) is 22.0 Å². The Labute approximate surface area is 243 Å². The smallest absolute Gasteiger partial charge is 0.258 e. The zero-order valence-corrected chi connectivity index (χ0v) is 24.4. The molecule has 1 aromatic heterocycles. The average Bonchev–Trinajstić information content (AvgIpc) is 3.29. The molecule has 11 heteroatoms. The first-order valence-electron chi connectivity index (χ1n) is 13.4. The Hall–Kier alpha value is -4.25. The summed E-state index contributed by atoms with van der Waals surface area (Å²) in [6, 6.07) is 15.2. The van der Waals surface area contributed by atoms with Crippen LogP contribution in [0.5, 0.6) is 11.5 Å². The topological polar surface area (TPSA) is 89.0 Å². The first-order valence-corrected chi connectivity index (χ1v) is 15.3. The Morgan fingerprint density at radius 2 is 1.74 bits per heavy atom. The summed E-state index contributed by atoms with van der Waals surface area (Å²) in [5.41, 5.74) is 3.68. The highest BCUT2D eigenvalue weighted by molar-refractivity contribution is 7.92. The summed E-state index contributed by atoms with van der Waals surface area (Å²) >= 11 is 0. The molecule has 0 saturated heterocycles. The number of amides is 1. The van der Waals surface area contributed by atoms with Crippen molar-refractivity contribution in [2.45, 2.75) is 26.5 Å². The highest BCUT2D eigenvalue weighted by Gasteiger charge is 2.38. The number of carbonyl (C=O) groups is 1. The van der Waals surface area contributed by atoms with Crippen molar-refractivity contribution in [3.63, 3.8) is 0 Å². The number of methoxy groups -OCH3 is 1. The number of aromatic nitrogens is 1. The molecule has 0 fully saturated rings. The number of rotatable bonds is 11. The van der Waals surface area contributed by atoms with E-state index in [1.807, 2.05) is 18.2 Å². The van der Waals surface area contributed by atoms with Crippen molar-refractivity contribution < 1.29 is 31.5 Å². The van der Waals surface area contributed by atoms with Crippen LogP contribution in [0, 0.1) is 5.82 Å². The Bertz CT molecular complexity index is 1730. The van der Waals surface area contributed by atoms with Crippen LogP contribution in [0.3, 0.4) is 0 Å². The number of fused-ring (bicyclic) bond motifs is 2. The van der Waals surface area contributed by atoms with Crippen molar-refractivity contribution >= 4 is 32.5 Å². The number of carbonyl (C=O) groups excluding carboxylic acids is 1. The van der Waals surface area contributed by atoms with Crippen molar-refractivity contribution in [1.29, 1.82) is 0 Å². The molecular weight excluding hydrogens is 564 g/mol. The van der Waals surface area contributed by atoms with E-state index < -0.39 is 22.6 Å². The molecule has 0 saturated carbocycles. The standard InChI is InChI=1S/C31H31F2N3O5S/c1-4-36(42(3,38)39)29-25-16-22(15-20-5-9-23(33)10-6-20)17-34-28(25)30(27-26(29)18-35(14-13-32)31(27)37)41-19-21-7-11-24(40-2)12-8-21/h5-12,16-17H,4,13-15,18-19H2,1-3H3. The Kier molecular flexibility index (Phi) is 8.31. The molecule has 0 radical (unpaired) electrons. The van der Waals surface area contributed by atoms with Gasteiger partial charge in [0.25, 0.3) is 5.91 Å². The van der Waals surface area contributed by atoms with Gasteiger partial charge in [-0.05, 0) is 60.4 Å². The SMILES string of the molecule is CCN(c1c2c(c(OCc3ccc(OC)cc3)c3ncc(Cc4ccc(F)cc4)cc13)C(=O)N(CCF)C2)S(C)(=O)=O. The van der Waals surface area contributed by atoms with E-state index in [4.69, 9.17) is 14.5 Å². The number of alkyl halides is 1. The molecule has 0 bridgehead atoms. The fraction of sp³-hybridized carbons (Fsp3) is 0.290. The number of sulfonamides is 1. The van der Waals surface area contributed by atoms with Gasteiger partial charge in [0.15, 0.2) is 5.75 Å². The van der Waals surface area contributed by atoms with Crippen molar-refractivity contribution in [1.82, 2.24) is 9.88 Å². The number of hydrogen-bond donors (Lipinski definition) is 0. The molecule has 1 aliphatic heterocycles. The number of benzene rings is 3. The van der Waals surface area contributed by atoms with Crippen molar-refractivity contribution in [2.24, 2.45) is 0 Å². The molecular formula is C31H31F2N3O5S. The van der Waals surface area contributed by atoms with Crippen LogP contribution in [-0.4, -0.2) is 57.3 Å². The normalized spacial score (nSPS) is 13.0. The molecule has 3 aromatic carbocycles. The molecule has 0 N–H and O–H groups in total. The van der Waals surface area contributed by atoms with Gasteiger partial charge in [-0.1, -0.05) is 24.3 Å². The predicted octanol–water partition coefficient (Wildman–Crippen LogP) is 5.26. The van der Waals surface area contributed by atoms with E-state index in [1.54, 1.807) is 44.5 Å². The van der Waals surface area contributed by atoms with Gasteiger partial charge in [-0.15, -0.1) is 0 Å². The number of halogens is 2. The molecule has 4 aromatic rings. The summed E-state index contributed by atoms with van der Waals surface area (Å²) in [6.07, 6.45) is 3.16. The van der Waals surface area contributed by atoms with Gasteiger partial charge >= 0.3 is 0 Å². The van der Waals surface area contributed by atoms with Gasteiger partial charge in [0.05, 0.1) is 24.6 Å². The maximum Gasteiger partial charge on any atom is 0.258 e. The highest BCUT2D eigenvalue weighted by atomic mass is 32.2. The Morgan fingerprint density at radius 3 is 2.36 bits per heavy atom. The lowest BCUT2D eigenvalue weighted by Crippen LogP contribution is -2.31. The van der Waals surface area contributed by atoms with E-state index in [0.29, 0.717) is 34.3 Å². The summed E-state index contributed by atoms with van der Waals surface area (Å²) < 4.78 is 65.8. The third-order valence-corrected chi connectivity index (χ3v) is 8.48. The summed E-state index contributed by atoms with van der Waals surface area (Å²) in [6.45, 7) is 1.04. The van der Waals surface area contributed by atoms with Crippen LogP contribution in [0.1, 0.15) is 39.5 Å². The van der Waals surface area contributed by atoms with Crippen molar-refractivity contribution in [2.75, 3.05) is 37.4 Å². The van der Waals surface area contributed by atoms with Crippen molar-refractivity contribution in [3.05, 3.63) is 94.4 Å². The van der Waals surface area contributed by atoms with Gasteiger partial charge in [-0.2, -0.15) is 0 Å². The van der Waals surface area contributed by atoms with Gasteiger partial charge in [-0.25, -0.2) is 17.2 Å². The number of hydrogen-bond acceptors (Lipinski definition) is 6. The summed E-state index contributed by atoms with van der Waals surface area (Å²) in [7, 11) is -2.20. The lowest BCUT2D eigenvalue weighted by molar-refractivity contribution is 0.0764. The van der Waals surface area contributed by atoms with Gasteiger partial charge in [0.2, 0.25) is 10.0 Å². The fourth-order valence-electron chi connectivity index (χ4n) is 5.29. The molecule has 220 valence electrons. The third kappa shape index (κ3) is 5.74. The molecule has 0 unspecified atom stereocenters. The van der Waals surface area contributed by atoms with Crippen LogP contribution in [0.15, 0.2) is 60.8 Å². The maximum atomic E-state index is 13.6. The quantitative estimate of drug-likeness (QED) is 0.235.